The van der Waals surface area contributed by atoms with Gasteiger partial charge in [-0.05, 0) is 31.0 Å². The van der Waals surface area contributed by atoms with E-state index in [4.69, 9.17) is 32.7 Å². The van der Waals surface area contributed by atoms with Crippen LogP contribution in [0.15, 0.2) is 30.5 Å². The summed E-state index contributed by atoms with van der Waals surface area (Å²) in [5, 5.41) is 3.11. The number of amides is 1. The number of nitrogens with one attached hydrogen (secondary N) is 1. The molecule has 0 spiro atoms. The molecule has 0 saturated carbocycles. The first-order valence-corrected chi connectivity index (χ1v) is 8.58. The number of ether oxygens (including phenoxy) is 2. The number of rotatable bonds is 7. The Kier molecular flexibility index (Phi) is 7.24. The molecule has 1 aromatic carbocycles. The highest BCUT2D eigenvalue weighted by Gasteiger charge is 2.13. The van der Waals surface area contributed by atoms with Gasteiger partial charge in [0, 0.05) is 6.20 Å². The minimum atomic E-state index is -0.547. The first-order valence-electron chi connectivity index (χ1n) is 7.83. The van der Waals surface area contributed by atoms with Gasteiger partial charge in [0.2, 0.25) is 0 Å². The minimum Gasteiger partial charge on any atom is -0.493 e. The normalized spacial score (nSPS) is 10.3. The molecule has 26 heavy (non-hydrogen) atoms. The Morgan fingerprint density at radius 3 is 2.65 bits per heavy atom. The zero-order valence-corrected chi connectivity index (χ0v) is 15.9. The van der Waals surface area contributed by atoms with E-state index in [0.29, 0.717) is 16.3 Å². The standard InChI is InChI=1S/C18H18Cl2N2O4/c1-11-5-3-4-6-14(11)25-8-7-16(24)26-10-15(23)22-18-17(20)12(2)13(19)9-21-18/h3-6,9H,7-8,10H2,1-2H3,(H,21,22,23). The largest absolute Gasteiger partial charge is 0.493 e. The van der Waals surface area contributed by atoms with E-state index >= 15 is 0 Å². The summed E-state index contributed by atoms with van der Waals surface area (Å²) in [4.78, 5) is 27.5. The maximum atomic E-state index is 11.9. The number of pyridine rings is 1. The van der Waals surface area contributed by atoms with E-state index < -0.39 is 18.5 Å². The summed E-state index contributed by atoms with van der Waals surface area (Å²) in [6, 6.07) is 7.48. The number of anilines is 1. The summed E-state index contributed by atoms with van der Waals surface area (Å²) >= 11 is 11.9. The van der Waals surface area contributed by atoms with Crippen LogP contribution >= 0.6 is 23.2 Å². The molecule has 8 heteroatoms. The lowest BCUT2D eigenvalue weighted by atomic mass is 10.2. The molecule has 0 aliphatic heterocycles. The van der Waals surface area contributed by atoms with Crippen molar-refractivity contribution in [2.75, 3.05) is 18.5 Å². The lowest BCUT2D eigenvalue weighted by molar-refractivity contribution is -0.147. The lowest BCUT2D eigenvalue weighted by Gasteiger charge is -2.10. The molecular weight excluding hydrogens is 379 g/mol. The van der Waals surface area contributed by atoms with Crippen LogP contribution in [0, 0.1) is 13.8 Å². The first kappa shape index (κ1) is 20.0. The molecule has 0 saturated heterocycles. The van der Waals surface area contributed by atoms with Gasteiger partial charge in [0.25, 0.3) is 5.91 Å². The zero-order chi connectivity index (χ0) is 19.1. The van der Waals surface area contributed by atoms with E-state index in [0.717, 1.165) is 5.56 Å². The van der Waals surface area contributed by atoms with Crippen LogP contribution in [0.2, 0.25) is 10.0 Å². The molecule has 1 heterocycles. The summed E-state index contributed by atoms with van der Waals surface area (Å²) in [5.74, 6) is -0.219. The molecule has 0 aliphatic carbocycles. The van der Waals surface area contributed by atoms with Crippen LogP contribution in [0.1, 0.15) is 17.5 Å². The Morgan fingerprint density at radius 2 is 1.92 bits per heavy atom. The molecule has 1 amide bonds. The van der Waals surface area contributed by atoms with Crippen molar-refractivity contribution >= 4 is 40.9 Å². The fraction of sp³-hybridized carbons (Fsp3) is 0.278. The van der Waals surface area contributed by atoms with E-state index in [-0.39, 0.29) is 23.9 Å². The Labute approximate surface area is 161 Å². The van der Waals surface area contributed by atoms with Crippen LogP contribution < -0.4 is 10.1 Å². The molecular formula is C18H18Cl2N2O4. The van der Waals surface area contributed by atoms with Gasteiger partial charge in [-0.2, -0.15) is 0 Å². The van der Waals surface area contributed by atoms with E-state index in [9.17, 15) is 9.59 Å². The highest BCUT2D eigenvalue weighted by atomic mass is 35.5. The number of para-hydroxylation sites is 1. The summed E-state index contributed by atoms with van der Waals surface area (Å²) in [6.45, 7) is 3.34. The summed E-state index contributed by atoms with van der Waals surface area (Å²) in [5.41, 5.74) is 1.58. The van der Waals surface area contributed by atoms with Crippen LogP contribution in [0.3, 0.4) is 0 Å². The Hall–Kier alpha value is -2.31. The van der Waals surface area contributed by atoms with Gasteiger partial charge in [-0.15, -0.1) is 0 Å². The van der Waals surface area contributed by atoms with Gasteiger partial charge < -0.3 is 14.8 Å². The molecule has 6 nitrogen and oxygen atoms in total. The SMILES string of the molecule is Cc1ccccc1OCCC(=O)OCC(=O)Nc1ncc(Cl)c(C)c1Cl. The van der Waals surface area contributed by atoms with Gasteiger partial charge in [-0.1, -0.05) is 41.4 Å². The van der Waals surface area contributed by atoms with Crippen molar-refractivity contribution in [3.63, 3.8) is 0 Å². The number of hydrogen-bond donors (Lipinski definition) is 1. The number of carbonyl (C=O) groups excluding carboxylic acids is 2. The Morgan fingerprint density at radius 1 is 1.19 bits per heavy atom. The van der Waals surface area contributed by atoms with Gasteiger partial charge in [0.1, 0.15) is 5.75 Å². The topological polar surface area (TPSA) is 77.5 Å². The fourth-order valence-corrected chi connectivity index (χ4v) is 2.38. The molecule has 0 unspecified atom stereocenters. The van der Waals surface area contributed by atoms with E-state index in [2.05, 4.69) is 10.3 Å². The number of aromatic nitrogens is 1. The third-order valence-corrected chi connectivity index (χ3v) is 4.33. The smallest absolute Gasteiger partial charge is 0.309 e. The molecule has 1 aromatic heterocycles. The van der Waals surface area contributed by atoms with Crippen molar-refractivity contribution in [2.45, 2.75) is 20.3 Å². The number of esters is 1. The van der Waals surface area contributed by atoms with Gasteiger partial charge >= 0.3 is 5.97 Å². The number of benzene rings is 1. The van der Waals surface area contributed by atoms with Crippen molar-refractivity contribution in [3.05, 3.63) is 51.6 Å². The Balaban J connectivity index is 1.74. The third-order valence-electron chi connectivity index (χ3n) is 3.48. The molecule has 2 aromatic rings. The fourth-order valence-electron chi connectivity index (χ4n) is 1.99. The molecule has 1 N–H and O–H groups in total. The van der Waals surface area contributed by atoms with Crippen molar-refractivity contribution in [1.29, 1.82) is 0 Å². The van der Waals surface area contributed by atoms with E-state index in [1.165, 1.54) is 6.20 Å². The predicted molar refractivity (Wildman–Crippen MR) is 99.9 cm³/mol. The second kappa shape index (κ2) is 9.40. The maximum Gasteiger partial charge on any atom is 0.309 e. The average molecular weight is 397 g/mol. The number of nitrogens with zero attached hydrogens (tertiary/aromatic N) is 1. The van der Waals surface area contributed by atoms with Crippen LogP contribution in [-0.2, 0) is 14.3 Å². The summed E-state index contributed by atoms with van der Waals surface area (Å²) in [6.07, 6.45) is 1.41. The van der Waals surface area contributed by atoms with Gasteiger partial charge in [0.15, 0.2) is 12.4 Å². The molecule has 0 atom stereocenters. The van der Waals surface area contributed by atoms with Crippen molar-refractivity contribution in [1.82, 2.24) is 4.98 Å². The number of aryl methyl sites for hydroxylation is 1. The highest BCUT2D eigenvalue weighted by molar-refractivity contribution is 6.37. The molecule has 0 bridgehead atoms. The summed E-state index contributed by atoms with van der Waals surface area (Å²) < 4.78 is 10.4. The van der Waals surface area contributed by atoms with Crippen LogP contribution in [0.4, 0.5) is 5.82 Å². The predicted octanol–water partition coefficient (Wildman–Crippen LogP) is 3.96. The maximum absolute atomic E-state index is 11.9. The molecule has 0 aliphatic rings. The van der Waals surface area contributed by atoms with Crippen molar-refractivity contribution in [2.24, 2.45) is 0 Å². The minimum absolute atomic E-state index is 0.0284. The number of carbonyl (C=O) groups is 2. The van der Waals surface area contributed by atoms with Crippen LogP contribution in [0.5, 0.6) is 5.75 Å². The van der Waals surface area contributed by atoms with Crippen molar-refractivity contribution in [3.8, 4) is 5.75 Å². The summed E-state index contributed by atoms with van der Waals surface area (Å²) in [7, 11) is 0. The third kappa shape index (κ3) is 5.61. The Bertz CT molecular complexity index is 812. The molecule has 0 radical (unpaired) electrons. The average Bonchev–Trinajstić information content (AvgIpc) is 2.62. The first-order chi connectivity index (χ1) is 12.4. The monoisotopic (exact) mass is 396 g/mol. The zero-order valence-electron chi connectivity index (χ0n) is 14.3. The van der Waals surface area contributed by atoms with Gasteiger partial charge in [-0.25, -0.2) is 4.98 Å². The van der Waals surface area contributed by atoms with Crippen molar-refractivity contribution < 1.29 is 19.1 Å². The quantitative estimate of drug-likeness (QED) is 0.716. The number of halogens is 2. The van der Waals surface area contributed by atoms with Crippen LogP contribution in [0.25, 0.3) is 0 Å². The van der Waals surface area contributed by atoms with Gasteiger partial charge in [0.05, 0.1) is 23.1 Å². The second-order valence-corrected chi connectivity index (χ2v) is 6.25. The highest BCUT2D eigenvalue weighted by Crippen LogP contribution is 2.28. The van der Waals surface area contributed by atoms with E-state index in [1.54, 1.807) is 6.92 Å². The molecule has 138 valence electrons. The second-order valence-electron chi connectivity index (χ2n) is 5.47. The van der Waals surface area contributed by atoms with Gasteiger partial charge in [-0.3, -0.25) is 9.59 Å². The molecule has 0 fully saturated rings. The van der Waals surface area contributed by atoms with Crippen LogP contribution in [-0.4, -0.2) is 30.1 Å². The number of hydrogen-bond acceptors (Lipinski definition) is 5. The van der Waals surface area contributed by atoms with E-state index in [1.807, 2.05) is 31.2 Å². The lowest BCUT2D eigenvalue weighted by Crippen LogP contribution is -2.22. The molecule has 2 rings (SSSR count).